The molecule has 1 aromatic carbocycles. The summed E-state index contributed by atoms with van der Waals surface area (Å²) in [5.41, 5.74) is 1.89. The van der Waals surface area contributed by atoms with Gasteiger partial charge in [-0.3, -0.25) is 0 Å². The van der Waals surface area contributed by atoms with Crippen LogP contribution in [0.25, 0.3) is 11.1 Å². The van der Waals surface area contributed by atoms with Crippen LogP contribution in [0.5, 0.6) is 5.75 Å². The number of hydrogen-bond acceptors (Lipinski definition) is 4. The van der Waals surface area contributed by atoms with E-state index in [9.17, 15) is 10.0 Å². The zero-order chi connectivity index (χ0) is 18.9. The summed E-state index contributed by atoms with van der Waals surface area (Å²) in [7, 11) is 0. The molecule has 2 heterocycles. The molecule has 0 spiro atoms. The van der Waals surface area contributed by atoms with Crippen molar-refractivity contribution in [1.29, 1.82) is 0 Å². The smallest absolute Gasteiger partial charge is 0.410 e. The lowest BCUT2D eigenvalue weighted by Gasteiger charge is -2.26. The van der Waals surface area contributed by atoms with Gasteiger partial charge < -0.3 is 19.6 Å². The van der Waals surface area contributed by atoms with Crippen molar-refractivity contribution in [3.05, 3.63) is 52.5 Å². The number of aromatic nitrogens is 1. The minimum absolute atomic E-state index is 0.114. The molecule has 6 nitrogen and oxygen atoms in total. The number of pyridine rings is 1. The van der Waals surface area contributed by atoms with E-state index < -0.39 is 5.60 Å². The molecule has 0 saturated carbocycles. The summed E-state index contributed by atoms with van der Waals surface area (Å²) in [5.74, 6) is 0.726. The largest absolute Gasteiger partial charge is 0.618 e. The normalized spacial score (nSPS) is 14.2. The average molecular weight is 377 g/mol. The molecule has 0 saturated heterocycles. The molecule has 1 amide bonds. The number of rotatable bonds is 1. The maximum atomic E-state index is 12.4. The van der Waals surface area contributed by atoms with Crippen LogP contribution in [0.3, 0.4) is 0 Å². The number of hydrogen-bond donors (Lipinski definition) is 0. The summed E-state index contributed by atoms with van der Waals surface area (Å²) in [5, 5.41) is 11.8. The van der Waals surface area contributed by atoms with Crippen LogP contribution in [0.1, 0.15) is 26.3 Å². The highest BCUT2D eigenvalue weighted by atomic mass is 35.5. The van der Waals surface area contributed by atoms with Crippen molar-refractivity contribution < 1.29 is 19.0 Å². The number of carbonyl (C=O) groups is 1. The van der Waals surface area contributed by atoms with Crippen molar-refractivity contribution in [1.82, 2.24) is 4.90 Å². The van der Waals surface area contributed by atoms with Gasteiger partial charge in [-0.2, -0.15) is 4.73 Å². The molecule has 0 N–H and O–H groups in total. The maximum Gasteiger partial charge on any atom is 0.410 e. The van der Waals surface area contributed by atoms with E-state index in [1.165, 1.54) is 6.20 Å². The molecule has 0 atom stereocenters. The molecule has 0 radical (unpaired) electrons. The van der Waals surface area contributed by atoms with Crippen molar-refractivity contribution in [3.63, 3.8) is 0 Å². The van der Waals surface area contributed by atoms with E-state index in [0.717, 1.165) is 22.4 Å². The van der Waals surface area contributed by atoms with Gasteiger partial charge in [0.05, 0.1) is 13.1 Å². The standard InChI is InChI=1S/C19H21ClN2O4/c1-19(2,3)26-18(23)21-8-9-25-16-6-4-13(10-15(16)11-21)14-5-7-17(20)22(24)12-14/h4-7,10,12H,8-9,11H2,1-3H3. The Labute approximate surface area is 157 Å². The highest BCUT2D eigenvalue weighted by molar-refractivity contribution is 6.28. The second-order valence-corrected chi connectivity index (χ2v) is 7.53. The molecule has 1 aromatic heterocycles. The van der Waals surface area contributed by atoms with Crippen molar-refractivity contribution in [2.45, 2.75) is 32.9 Å². The quantitative estimate of drug-likeness (QED) is 0.431. The molecule has 26 heavy (non-hydrogen) atoms. The number of nitrogens with zero attached hydrogens (tertiary/aromatic N) is 2. The molecular weight excluding hydrogens is 356 g/mol. The number of amides is 1. The van der Waals surface area contributed by atoms with Gasteiger partial charge in [-0.1, -0.05) is 6.07 Å². The van der Waals surface area contributed by atoms with Crippen LogP contribution in [0, 0.1) is 5.21 Å². The lowest BCUT2D eigenvalue weighted by Crippen LogP contribution is -2.37. The summed E-state index contributed by atoms with van der Waals surface area (Å²) in [6.45, 7) is 6.73. The highest BCUT2D eigenvalue weighted by Gasteiger charge is 2.25. The molecule has 0 bridgehead atoms. The van der Waals surface area contributed by atoms with Crippen molar-refractivity contribution >= 4 is 17.7 Å². The Kier molecular flexibility index (Phi) is 4.96. The third-order valence-corrected chi connectivity index (χ3v) is 4.19. The SMILES string of the molecule is CC(C)(C)OC(=O)N1CCOc2ccc(-c3ccc(Cl)[n+]([O-])c3)cc2C1. The second-order valence-electron chi connectivity index (χ2n) is 7.14. The Hall–Kier alpha value is -2.47. The van der Waals surface area contributed by atoms with E-state index in [-0.39, 0.29) is 11.2 Å². The van der Waals surface area contributed by atoms with Crippen molar-refractivity contribution in [2.24, 2.45) is 0 Å². The summed E-state index contributed by atoms with van der Waals surface area (Å²) in [4.78, 5) is 14.0. The molecule has 0 unspecified atom stereocenters. The molecule has 1 aliphatic rings. The first-order chi connectivity index (χ1) is 12.2. The zero-order valence-electron chi connectivity index (χ0n) is 15.0. The van der Waals surface area contributed by atoms with Crippen molar-refractivity contribution in [2.75, 3.05) is 13.2 Å². The maximum absolute atomic E-state index is 12.4. The molecule has 2 aromatic rings. The fourth-order valence-corrected chi connectivity index (χ4v) is 2.80. The van der Waals surface area contributed by atoms with E-state index in [1.54, 1.807) is 17.0 Å². The van der Waals surface area contributed by atoms with Crippen LogP contribution < -0.4 is 9.47 Å². The molecule has 3 rings (SSSR count). The number of benzene rings is 1. The van der Waals surface area contributed by atoms with Crippen molar-refractivity contribution in [3.8, 4) is 16.9 Å². The summed E-state index contributed by atoms with van der Waals surface area (Å²) in [6, 6.07) is 8.99. The predicted octanol–water partition coefficient (Wildman–Crippen LogP) is 3.77. The van der Waals surface area contributed by atoms with Crippen LogP contribution in [-0.4, -0.2) is 29.7 Å². The van der Waals surface area contributed by atoms with Gasteiger partial charge in [0.15, 0.2) is 6.20 Å². The molecule has 138 valence electrons. The summed E-state index contributed by atoms with van der Waals surface area (Å²) >= 11 is 5.78. The first kappa shape index (κ1) is 18.3. The lowest BCUT2D eigenvalue weighted by atomic mass is 10.0. The van der Waals surface area contributed by atoms with Crippen LogP contribution in [0.15, 0.2) is 36.5 Å². The first-order valence-corrected chi connectivity index (χ1v) is 8.73. The minimum atomic E-state index is -0.556. The van der Waals surface area contributed by atoms with E-state index in [0.29, 0.717) is 24.4 Å². The molecule has 0 fully saturated rings. The third-order valence-electron chi connectivity index (χ3n) is 3.89. The van der Waals surface area contributed by atoms with E-state index >= 15 is 0 Å². The number of halogens is 1. The lowest BCUT2D eigenvalue weighted by molar-refractivity contribution is -0.602. The van der Waals surface area contributed by atoms with Gasteiger partial charge in [-0.25, -0.2) is 4.79 Å². The van der Waals surface area contributed by atoms with E-state index in [2.05, 4.69) is 0 Å². The van der Waals surface area contributed by atoms with Crippen LogP contribution in [0.2, 0.25) is 5.15 Å². The predicted molar refractivity (Wildman–Crippen MR) is 98.0 cm³/mol. The molecule has 0 aliphatic carbocycles. The Morgan fingerprint density at radius 2 is 2.00 bits per heavy atom. The number of ether oxygens (including phenoxy) is 2. The van der Waals surface area contributed by atoms with Crippen LogP contribution >= 0.6 is 11.6 Å². The van der Waals surface area contributed by atoms with E-state index in [4.69, 9.17) is 21.1 Å². The minimum Gasteiger partial charge on any atom is -0.618 e. The second kappa shape index (κ2) is 7.03. The molecular formula is C19H21ClN2O4. The van der Waals surface area contributed by atoms with E-state index in [1.807, 2.05) is 39.0 Å². The average Bonchev–Trinajstić information content (AvgIpc) is 2.77. The van der Waals surface area contributed by atoms with Gasteiger partial charge in [0, 0.05) is 17.2 Å². The topological polar surface area (TPSA) is 65.7 Å². The highest BCUT2D eigenvalue weighted by Crippen LogP contribution is 2.29. The first-order valence-electron chi connectivity index (χ1n) is 8.36. The fraction of sp³-hybridized carbons (Fsp3) is 0.368. The van der Waals surface area contributed by atoms with Gasteiger partial charge >= 0.3 is 6.09 Å². The summed E-state index contributed by atoms with van der Waals surface area (Å²) in [6.07, 6.45) is 1.05. The van der Waals surface area contributed by atoms with Gasteiger partial charge in [0.1, 0.15) is 18.0 Å². The Morgan fingerprint density at radius 1 is 1.27 bits per heavy atom. The fourth-order valence-electron chi connectivity index (χ4n) is 2.69. The molecule has 1 aliphatic heterocycles. The van der Waals surface area contributed by atoms with Gasteiger partial charge in [-0.05, 0) is 56.1 Å². The Balaban J connectivity index is 1.88. The van der Waals surface area contributed by atoms with Gasteiger partial charge in [0.2, 0.25) is 0 Å². The third kappa shape index (κ3) is 4.19. The monoisotopic (exact) mass is 376 g/mol. The van der Waals surface area contributed by atoms with Gasteiger partial charge in [-0.15, -0.1) is 0 Å². The van der Waals surface area contributed by atoms with Crippen LogP contribution in [-0.2, 0) is 11.3 Å². The molecule has 7 heteroatoms. The zero-order valence-corrected chi connectivity index (χ0v) is 15.7. The van der Waals surface area contributed by atoms with Crippen LogP contribution in [0.4, 0.5) is 4.79 Å². The van der Waals surface area contributed by atoms with Gasteiger partial charge in [0.25, 0.3) is 5.15 Å². The Morgan fingerprint density at radius 3 is 2.69 bits per heavy atom. The number of fused-ring (bicyclic) bond motifs is 1. The summed E-state index contributed by atoms with van der Waals surface area (Å²) < 4.78 is 11.8. The number of carbonyl (C=O) groups excluding carboxylic acids is 1. The Bertz CT molecular complexity index is 833.